The van der Waals surface area contributed by atoms with Crippen molar-refractivity contribution in [3.05, 3.63) is 17.5 Å². The van der Waals surface area contributed by atoms with Gasteiger partial charge in [-0.1, -0.05) is 0 Å². The molecule has 0 aliphatic carbocycles. The Labute approximate surface area is 143 Å². The number of esters is 1. The molecule has 0 saturated carbocycles. The van der Waals surface area contributed by atoms with Crippen LogP contribution in [0.1, 0.15) is 72.4 Å². The van der Waals surface area contributed by atoms with E-state index >= 15 is 0 Å². The zero-order chi connectivity index (χ0) is 19.0. The maximum Gasteiger partial charge on any atom is 0.376 e. The Morgan fingerprint density at radius 3 is 1.72 bits per heavy atom. The number of hydrogen-bond acceptors (Lipinski definition) is 8. The Bertz CT molecular complexity index is 682. The second-order valence-electron chi connectivity index (χ2n) is 7.24. The molecule has 1 aromatic rings. The summed E-state index contributed by atoms with van der Waals surface area (Å²) in [5, 5.41) is 21.3. The monoisotopic (exact) mass is 352 g/mol. The minimum absolute atomic E-state index is 0.274. The molecule has 1 fully saturated rings. The molecular formula is C15H20N4O6. The molecule has 25 heavy (non-hydrogen) atoms. The maximum atomic E-state index is 12.3. The fourth-order valence-electron chi connectivity index (χ4n) is 3.17. The number of rotatable bonds is 4. The summed E-state index contributed by atoms with van der Waals surface area (Å²) in [5.41, 5.74) is -0.547. The first kappa shape index (κ1) is 18.7. The highest BCUT2D eigenvalue weighted by atomic mass is 16.5. The van der Waals surface area contributed by atoms with Gasteiger partial charge in [-0.05, 0) is 27.7 Å². The molecule has 0 spiro atoms. The first-order valence-electron chi connectivity index (χ1n) is 7.61. The molecule has 0 amide bonds. The van der Waals surface area contributed by atoms with Crippen LogP contribution in [0, 0.1) is 0 Å². The van der Waals surface area contributed by atoms with Gasteiger partial charge in [-0.25, -0.2) is 14.4 Å². The Hall–Kier alpha value is -2.62. The van der Waals surface area contributed by atoms with E-state index in [1.165, 1.54) is 0 Å². The number of piperidine rings is 1. The number of carbonyl (C=O) groups is 3. The number of aromatic nitrogens is 3. The molecule has 1 saturated heterocycles. The smallest absolute Gasteiger partial charge is 0.376 e. The summed E-state index contributed by atoms with van der Waals surface area (Å²) in [6.07, 6.45) is 0.618. The summed E-state index contributed by atoms with van der Waals surface area (Å²) in [7, 11) is 0. The van der Waals surface area contributed by atoms with Crippen molar-refractivity contribution >= 4 is 17.9 Å². The van der Waals surface area contributed by atoms with E-state index in [0.29, 0.717) is 12.8 Å². The molecule has 1 aromatic heterocycles. The van der Waals surface area contributed by atoms with Crippen molar-refractivity contribution in [2.24, 2.45) is 0 Å². The molecule has 1 aliphatic rings. The molecule has 10 nitrogen and oxygen atoms in total. The van der Waals surface area contributed by atoms with Crippen molar-refractivity contribution in [3.63, 3.8) is 0 Å². The standard InChI is InChI=1S/C15H20N4O6/c1-14(2)5-7(6-15(3,4)19-14)25-13(24)10-17-8(11(20)21)16-9(18-10)12(22)23/h7,19H,5-6H2,1-4H3,(H,20,21)(H,22,23). The number of nitrogens with zero attached hydrogens (tertiary/aromatic N) is 3. The van der Waals surface area contributed by atoms with Gasteiger partial charge in [-0.3, -0.25) is 0 Å². The summed E-state index contributed by atoms with van der Waals surface area (Å²) >= 11 is 0. The van der Waals surface area contributed by atoms with Crippen LogP contribution in [0.25, 0.3) is 0 Å². The van der Waals surface area contributed by atoms with Gasteiger partial charge >= 0.3 is 17.9 Å². The fourth-order valence-corrected chi connectivity index (χ4v) is 3.17. The molecule has 10 heteroatoms. The summed E-state index contributed by atoms with van der Waals surface area (Å²) in [6, 6.07) is 0. The Morgan fingerprint density at radius 2 is 1.32 bits per heavy atom. The van der Waals surface area contributed by atoms with Crippen molar-refractivity contribution in [1.82, 2.24) is 20.3 Å². The van der Waals surface area contributed by atoms with E-state index in [9.17, 15) is 14.4 Å². The molecule has 0 unspecified atom stereocenters. The second-order valence-corrected chi connectivity index (χ2v) is 7.24. The van der Waals surface area contributed by atoms with Gasteiger partial charge in [-0.2, -0.15) is 15.0 Å². The van der Waals surface area contributed by atoms with Crippen molar-refractivity contribution in [2.75, 3.05) is 0 Å². The predicted octanol–water partition coefficient (Wildman–Crippen LogP) is 0.734. The molecule has 0 bridgehead atoms. The van der Waals surface area contributed by atoms with Gasteiger partial charge in [0.2, 0.25) is 17.5 Å². The van der Waals surface area contributed by atoms with E-state index in [1.54, 1.807) is 0 Å². The van der Waals surface area contributed by atoms with Crippen LogP contribution < -0.4 is 5.32 Å². The van der Waals surface area contributed by atoms with E-state index < -0.39 is 41.5 Å². The number of aromatic carboxylic acids is 2. The highest BCUT2D eigenvalue weighted by molar-refractivity contribution is 5.91. The number of nitrogens with one attached hydrogen (secondary N) is 1. The predicted molar refractivity (Wildman–Crippen MR) is 83.5 cm³/mol. The highest BCUT2D eigenvalue weighted by Crippen LogP contribution is 2.30. The quantitative estimate of drug-likeness (QED) is 0.661. The lowest BCUT2D eigenvalue weighted by Gasteiger charge is -2.45. The summed E-state index contributed by atoms with van der Waals surface area (Å²) in [4.78, 5) is 44.5. The van der Waals surface area contributed by atoms with Gasteiger partial charge in [0.15, 0.2) is 0 Å². The van der Waals surface area contributed by atoms with E-state index in [2.05, 4.69) is 20.3 Å². The molecule has 0 atom stereocenters. The van der Waals surface area contributed by atoms with Crippen LogP contribution in [0.4, 0.5) is 0 Å². The summed E-state index contributed by atoms with van der Waals surface area (Å²) in [5.74, 6) is -6.41. The molecule has 136 valence electrons. The minimum Gasteiger partial charge on any atom is -0.475 e. The van der Waals surface area contributed by atoms with Crippen LogP contribution in [-0.4, -0.2) is 60.3 Å². The number of carboxylic acids is 2. The average molecular weight is 352 g/mol. The van der Waals surface area contributed by atoms with E-state index in [4.69, 9.17) is 14.9 Å². The largest absolute Gasteiger partial charge is 0.475 e. The zero-order valence-corrected chi connectivity index (χ0v) is 14.4. The molecule has 2 rings (SSSR count). The topological polar surface area (TPSA) is 152 Å². The van der Waals surface area contributed by atoms with Gasteiger partial charge in [0.05, 0.1) is 0 Å². The molecule has 0 radical (unpaired) electrons. The maximum absolute atomic E-state index is 12.3. The molecular weight excluding hydrogens is 332 g/mol. The van der Waals surface area contributed by atoms with Crippen LogP contribution in [0.2, 0.25) is 0 Å². The molecule has 1 aliphatic heterocycles. The van der Waals surface area contributed by atoms with E-state index in [1.807, 2.05) is 27.7 Å². The summed E-state index contributed by atoms with van der Waals surface area (Å²) in [6.45, 7) is 7.90. The number of ether oxygens (including phenoxy) is 1. The van der Waals surface area contributed by atoms with Gasteiger partial charge in [0.1, 0.15) is 6.10 Å². The van der Waals surface area contributed by atoms with Gasteiger partial charge < -0.3 is 20.3 Å². The molecule has 3 N–H and O–H groups in total. The average Bonchev–Trinajstić information content (AvgIpc) is 2.43. The van der Waals surface area contributed by atoms with Crippen LogP contribution in [0.15, 0.2) is 0 Å². The third kappa shape index (κ3) is 4.69. The van der Waals surface area contributed by atoms with Crippen LogP contribution >= 0.6 is 0 Å². The lowest BCUT2D eigenvalue weighted by molar-refractivity contribution is -0.00750. The normalized spacial score (nSPS) is 19.2. The first-order chi connectivity index (χ1) is 11.4. The van der Waals surface area contributed by atoms with Crippen molar-refractivity contribution in [2.45, 2.75) is 57.7 Å². The lowest BCUT2D eigenvalue weighted by atomic mass is 9.81. The SMILES string of the molecule is CC1(C)CC(OC(=O)c2nc(C(=O)O)nc(C(=O)O)n2)CC(C)(C)N1. The highest BCUT2D eigenvalue weighted by Gasteiger charge is 2.39. The Morgan fingerprint density at radius 1 is 0.920 bits per heavy atom. The lowest BCUT2D eigenvalue weighted by Crippen LogP contribution is -2.59. The van der Waals surface area contributed by atoms with Gasteiger partial charge in [0, 0.05) is 23.9 Å². The van der Waals surface area contributed by atoms with Crippen LogP contribution in [-0.2, 0) is 4.74 Å². The van der Waals surface area contributed by atoms with Crippen LogP contribution in [0.3, 0.4) is 0 Å². The van der Waals surface area contributed by atoms with E-state index in [-0.39, 0.29) is 11.1 Å². The number of hydrogen-bond donors (Lipinski definition) is 3. The van der Waals surface area contributed by atoms with Crippen molar-refractivity contribution in [3.8, 4) is 0 Å². The Balaban J connectivity index is 2.26. The van der Waals surface area contributed by atoms with Crippen molar-refractivity contribution in [1.29, 1.82) is 0 Å². The van der Waals surface area contributed by atoms with Crippen molar-refractivity contribution < 1.29 is 29.3 Å². The fraction of sp³-hybridized carbons (Fsp3) is 0.600. The molecule has 0 aromatic carbocycles. The zero-order valence-electron chi connectivity index (χ0n) is 14.4. The van der Waals surface area contributed by atoms with Gasteiger partial charge in [-0.15, -0.1) is 0 Å². The number of carboxylic acid groups (broad SMARTS) is 2. The number of carbonyl (C=O) groups excluding carboxylic acids is 1. The Kier molecular flexibility index (Phi) is 4.76. The summed E-state index contributed by atoms with van der Waals surface area (Å²) < 4.78 is 5.40. The third-order valence-electron chi connectivity index (χ3n) is 3.63. The van der Waals surface area contributed by atoms with E-state index in [0.717, 1.165) is 0 Å². The second kappa shape index (κ2) is 6.36. The minimum atomic E-state index is -1.57. The van der Waals surface area contributed by atoms with Crippen LogP contribution in [0.5, 0.6) is 0 Å². The van der Waals surface area contributed by atoms with Gasteiger partial charge in [0.25, 0.3) is 0 Å². The first-order valence-corrected chi connectivity index (χ1v) is 7.61. The molecule has 2 heterocycles. The third-order valence-corrected chi connectivity index (χ3v) is 3.63.